The molecule has 0 amide bonds. The first-order valence-electron chi connectivity index (χ1n) is 19.0. The third kappa shape index (κ3) is 7.08. The number of benzene rings is 3. The quantitative estimate of drug-likeness (QED) is 0.0958. The Bertz CT molecular complexity index is 2130. The minimum atomic E-state index is -0.189. The number of aliphatic hydroxyl groups excluding tert-OH is 1. The van der Waals surface area contributed by atoms with Gasteiger partial charge in [-0.2, -0.15) is 0 Å². The van der Waals surface area contributed by atoms with Crippen LogP contribution in [0.15, 0.2) is 66.7 Å². The summed E-state index contributed by atoms with van der Waals surface area (Å²) in [4.78, 5) is 23.7. The zero-order chi connectivity index (χ0) is 36.9. The second-order valence-corrected chi connectivity index (χ2v) is 17.5. The van der Waals surface area contributed by atoms with Gasteiger partial charge in [0.15, 0.2) is 5.78 Å². The first-order valence-corrected chi connectivity index (χ1v) is 19.8. The number of nitrogens with zero attached hydrogens (tertiary/aromatic N) is 2. The van der Waals surface area contributed by atoms with Gasteiger partial charge in [0.2, 0.25) is 0 Å². The number of hydrogen-bond donors (Lipinski definition) is 1. The van der Waals surface area contributed by atoms with Crippen LogP contribution in [0.1, 0.15) is 130 Å². The van der Waals surface area contributed by atoms with E-state index in [2.05, 4.69) is 96.1 Å². The number of ketones is 1. The zero-order valence-corrected chi connectivity index (χ0v) is 35.9. The summed E-state index contributed by atoms with van der Waals surface area (Å²) in [6.45, 7) is 22.4. The summed E-state index contributed by atoms with van der Waals surface area (Å²) in [6, 6.07) is 21.9. The predicted octanol–water partition coefficient (Wildman–Crippen LogP) is 12.8. The summed E-state index contributed by atoms with van der Waals surface area (Å²) >= 11 is 1.82. The van der Waals surface area contributed by atoms with E-state index < -0.39 is 0 Å². The number of fused-ring (bicyclic) bond motifs is 4. The number of rotatable bonds is 8. The van der Waals surface area contributed by atoms with Gasteiger partial charge >= 0.3 is 0 Å². The molecular formula is C46H55IrN2O2S-. The molecule has 0 unspecified atom stereocenters. The van der Waals surface area contributed by atoms with Gasteiger partial charge < -0.3 is 5.11 Å². The molecule has 2 heterocycles. The van der Waals surface area contributed by atoms with Gasteiger partial charge in [0.1, 0.15) is 11.2 Å². The zero-order valence-electron chi connectivity index (χ0n) is 32.7. The van der Waals surface area contributed by atoms with Crippen molar-refractivity contribution in [3.05, 3.63) is 95.0 Å². The predicted molar refractivity (Wildman–Crippen MR) is 216 cm³/mol. The van der Waals surface area contributed by atoms with Crippen LogP contribution in [0.4, 0.5) is 0 Å². The molecule has 1 N–H and O–H groups in total. The van der Waals surface area contributed by atoms with E-state index in [0.717, 1.165) is 47.2 Å². The van der Waals surface area contributed by atoms with Crippen LogP contribution in [-0.4, -0.2) is 20.9 Å². The van der Waals surface area contributed by atoms with Crippen molar-refractivity contribution in [3.63, 3.8) is 0 Å². The number of carbonyl (C=O) groups excluding carboxylic acids is 1. The number of carbonyl (C=O) groups is 1. The van der Waals surface area contributed by atoms with Gasteiger partial charge in [-0.3, -0.25) is 9.78 Å². The molecule has 52 heavy (non-hydrogen) atoms. The monoisotopic (exact) mass is 892 g/mol. The molecule has 0 aliphatic heterocycles. The molecular weight excluding hydrogens is 837 g/mol. The van der Waals surface area contributed by atoms with Crippen molar-refractivity contribution in [1.82, 2.24) is 9.97 Å². The molecule has 0 saturated carbocycles. The minimum absolute atomic E-state index is 0. The van der Waals surface area contributed by atoms with Gasteiger partial charge in [0.05, 0.1) is 5.76 Å². The second kappa shape index (κ2) is 15.3. The fourth-order valence-corrected chi connectivity index (χ4v) is 9.71. The first-order chi connectivity index (χ1) is 24.2. The first kappa shape index (κ1) is 40.0. The second-order valence-electron chi connectivity index (χ2n) is 16.5. The Morgan fingerprint density at radius 2 is 1.48 bits per heavy atom. The van der Waals surface area contributed by atoms with Crippen molar-refractivity contribution >= 4 is 38.1 Å². The molecule has 1 radical (unpaired) electrons. The summed E-state index contributed by atoms with van der Waals surface area (Å²) in [5.41, 5.74) is 9.32. The number of aromatic nitrogens is 2. The van der Waals surface area contributed by atoms with Crippen LogP contribution in [0, 0.1) is 17.9 Å². The third-order valence-corrected chi connectivity index (χ3v) is 13.2. The van der Waals surface area contributed by atoms with Gasteiger partial charge in [-0.05, 0) is 83.1 Å². The Kier molecular flexibility index (Phi) is 11.8. The molecule has 2 aliphatic rings. The maximum Gasteiger partial charge on any atom is 0.162 e. The molecule has 277 valence electrons. The molecule has 7 rings (SSSR count). The van der Waals surface area contributed by atoms with Crippen molar-refractivity contribution in [1.29, 1.82) is 0 Å². The van der Waals surface area contributed by atoms with E-state index in [1.165, 1.54) is 62.4 Å². The fraction of sp³-hybridized carbons (Fsp3) is 0.457. The molecule has 0 saturated heterocycles. The van der Waals surface area contributed by atoms with Crippen LogP contribution >= 0.6 is 11.3 Å². The van der Waals surface area contributed by atoms with Crippen LogP contribution in [0.25, 0.3) is 42.7 Å². The van der Waals surface area contributed by atoms with Crippen LogP contribution in [0.2, 0.25) is 0 Å². The van der Waals surface area contributed by atoms with E-state index in [-0.39, 0.29) is 59.7 Å². The Hall–Kier alpha value is -3.18. The molecule has 0 spiro atoms. The largest absolute Gasteiger partial charge is 0.512 e. The van der Waals surface area contributed by atoms with Gasteiger partial charge in [-0.15, -0.1) is 34.9 Å². The summed E-state index contributed by atoms with van der Waals surface area (Å²) < 4.78 is 0. The van der Waals surface area contributed by atoms with Crippen LogP contribution in [-0.2, 0) is 41.1 Å². The van der Waals surface area contributed by atoms with E-state index >= 15 is 0 Å². The molecule has 2 aliphatic carbocycles. The molecule has 6 heteroatoms. The average Bonchev–Trinajstić information content (AvgIpc) is 3.52. The van der Waals surface area contributed by atoms with E-state index in [9.17, 15) is 9.90 Å². The third-order valence-electron chi connectivity index (χ3n) is 12.0. The van der Waals surface area contributed by atoms with Crippen LogP contribution in [0.3, 0.4) is 0 Å². The Morgan fingerprint density at radius 3 is 2.13 bits per heavy atom. The molecule has 3 aromatic carbocycles. The molecule has 0 bridgehead atoms. The molecule has 5 aromatic rings. The smallest absolute Gasteiger partial charge is 0.162 e. The van der Waals surface area contributed by atoms with Crippen molar-refractivity contribution in [2.24, 2.45) is 11.8 Å². The summed E-state index contributed by atoms with van der Waals surface area (Å²) in [6.07, 6.45) is 9.08. The van der Waals surface area contributed by atoms with Crippen molar-refractivity contribution in [2.45, 2.75) is 124 Å². The summed E-state index contributed by atoms with van der Waals surface area (Å²) in [5.74, 6) is 0.547. The van der Waals surface area contributed by atoms with Crippen molar-refractivity contribution in [3.8, 4) is 21.7 Å². The van der Waals surface area contributed by atoms with Gasteiger partial charge in [-0.1, -0.05) is 116 Å². The van der Waals surface area contributed by atoms with Gasteiger partial charge in [-0.25, -0.2) is 4.98 Å². The van der Waals surface area contributed by atoms with E-state index in [4.69, 9.17) is 9.97 Å². The number of allylic oxidation sites excluding steroid dienone is 2. The maximum absolute atomic E-state index is 11.7. The van der Waals surface area contributed by atoms with Gasteiger partial charge in [0, 0.05) is 54.0 Å². The maximum atomic E-state index is 11.7. The molecule has 0 atom stereocenters. The SMILES string of the molecule is CC1(C)CCC(C)(C)c2cc(-c3sc4ncnc5c4c3C(C)(C)c3cc4ccccc4[c-]c3-5)ccc21.CCC(CC)C(=O)/C=C(\O)C(CC)CC.[Ir]. The summed E-state index contributed by atoms with van der Waals surface area (Å²) in [7, 11) is 0. The van der Waals surface area contributed by atoms with Crippen molar-refractivity contribution in [2.75, 3.05) is 0 Å². The Morgan fingerprint density at radius 1 is 0.846 bits per heavy atom. The Labute approximate surface area is 328 Å². The molecule has 4 nitrogen and oxygen atoms in total. The van der Waals surface area contributed by atoms with E-state index in [1.54, 1.807) is 6.33 Å². The van der Waals surface area contributed by atoms with E-state index in [0.29, 0.717) is 0 Å². The topological polar surface area (TPSA) is 63.1 Å². The fourth-order valence-electron chi connectivity index (χ4n) is 8.41. The van der Waals surface area contributed by atoms with Crippen molar-refractivity contribution < 1.29 is 30.0 Å². The van der Waals surface area contributed by atoms with Crippen LogP contribution in [0.5, 0.6) is 0 Å². The normalized spacial score (nSPS) is 16.6. The standard InChI is InChI=1S/C33H31N2S.C13H24O2.Ir/c1-31(2)13-14-32(3,4)25-17-21(11-12-23(25)31)29-27-26-28(34-18-35-30(26)36-29)22-15-19-9-7-8-10-20(19)16-24(22)33(27,5)6;1-5-10(6-2)12(14)9-13(15)11(7-3)8-4;/h7-12,16-18H,13-14H2,1-6H3;9-11,14H,5-8H2,1-4H3;/q-1;;/b;12-9-;. The van der Waals surface area contributed by atoms with Gasteiger partial charge in [0.25, 0.3) is 0 Å². The summed E-state index contributed by atoms with van der Waals surface area (Å²) in [5, 5.41) is 13.3. The molecule has 0 fully saturated rings. The average molecular weight is 892 g/mol. The number of thiophene rings is 1. The van der Waals surface area contributed by atoms with Crippen LogP contribution < -0.4 is 0 Å². The van der Waals surface area contributed by atoms with E-state index in [1.807, 2.05) is 39.0 Å². The number of hydrogen-bond acceptors (Lipinski definition) is 5. The number of aliphatic hydroxyl groups is 1. The minimum Gasteiger partial charge on any atom is -0.512 e. The Balaban J connectivity index is 0.000000280. The molecule has 2 aromatic heterocycles.